The van der Waals surface area contributed by atoms with Gasteiger partial charge in [0.2, 0.25) is 0 Å². The molecule has 0 amide bonds. The maximum Gasteiger partial charge on any atom is 0.0679 e. The molecule has 0 unspecified atom stereocenters. The highest BCUT2D eigenvalue weighted by atomic mass is 35.5. The molecule has 3 aromatic rings. The molecule has 1 saturated carbocycles. The van der Waals surface area contributed by atoms with Gasteiger partial charge in [0.25, 0.3) is 0 Å². The third-order valence-corrected chi connectivity index (χ3v) is 4.83. The molecule has 4 rings (SSSR count). The van der Waals surface area contributed by atoms with Crippen LogP contribution in [0, 0.1) is 0 Å². The topological polar surface area (TPSA) is 56.7 Å². The van der Waals surface area contributed by atoms with E-state index in [-0.39, 0.29) is 0 Å². The first-order chi connectivity index (χ1) is 12.6. The zero-order chi connectivity index (χ0) is 18.5. The molecule has 136 valence electrons. The summed E-state index contributed by atoms with van der Waals surface area (Å²) in [4.78, 5) is 4.37. The third kappa shape index (κ3) is 5.02. The Morgan fingerprint density at radius 2 is 2.04 bits per heavy atom. The number of thiol groups is 1. The molecule has 0 atom stereocenters. The fourth-order valence-corrected chi connectivity index (χ4v) is 2.89. The maximum atomic E-state index is 6.26. The first-order valence-electron chi connectivity index (χ1n) is 8.80. The molecule has 1 aromatic carbocycles. The average molecular weight is 387 g/mol. The summed E-state index contributed by atoms with van der Waals surface area (Å²) in [5, 5.41) is 5.83. The Kier molecular flexibility index (Phi) is 6.22. The van der Waals surface area contributed by atoms with E-state index < -0.39 is 0 Å². The van der Waals surface area contributed by atoms with Crippen LogP contribution in [-0.4, -0.2) is 20.0 Å². The smallest absolute Gasteiger partial charge is 0.0679 e. The van der Waals surface area contributed by atoms with Crippen molar-refractivity contribution >= 4 is 29.9 Å². The number of anilines is 1. The van der Waals surface area contributed by atoms with E-state index in [0.29, 0.717) is 10.7 Å². The van der Waals surface area contributed by atoms with Crippen molar-refractivity contribution in [3.05, 3.63) is 59.6 Å². The summed E-state index contributed by atoms with van der Waals surface area (Å²) in [5.41, 5.74) is 10.3. The molecule has 0 radical (unpaired) electrons. The summed E-state index contributed by atoms with van der Waals surface area (Å²) in [6.45, 7) is 2.14. The Morgan fingerprint density at radius 1 is 1.27 bits per heavy atom. The number of halogens is 1. The van der Waals surface area contributed by atoms with Crippen LogP contribution >= 0.6 is 24.2 Å². The number of aromatic nitrogens is 3. The molecule has 26 heavy (non-hydrogen) atoms. The Hall–Kier alpha value is -1.98. The van der Waals surface area contributed by atoms with Gasteiger partial charge in [0, 0.05) is 40.2 Å². The second-order valence-corrected chi connectivity index (χ2v) is 7.54. The Labute approximate surface area is 164 Å². The van der Waals surface area contributed by atoms with Gasteiger partial charge in [-0.2, -0.15) is 17.7 Å². The van der Waals surface area contributed by atoms with E-state index in [4.69, 9.17) is 17.3 Å². The van der Waals surface area contributed by atoms with E-state index in [0.717, 1.165) is 40.6 Å². The number of nitrogens with zero attached hydrogens (tertiary/aromatic N) is 3. The van der Waals surface area contributed by atoms with Crippen LogP contribution in [-0.2, 0) is 6.42 Å². The number of nitrogens with two attached hydrogens (primary N) is 1. The zero-order valence-electron chi connectivity index (χ0n) is 14.8. The molecule has 2 N–H and O–H groups in total. The van der Waals surface area contributed by atoms with Gasteiger partial charge in [0.15, 0.2) is 0 Å². The number of hydrogen-bond donors (Lipinski definition) is 2. The van der Waals surface area contributed by atoms with E-state index in [1.54, 1.807) is 12.3 Å². The first kappa shape index (κ1) is 18.8. The van der Waals surface area contributed by atoms with Crippen LogP contribution in [0.15, 0.2) is 48.9 Å². The van der Waals surface area contributed by atoms with E-state index in [2.05, 4.69) is 35.7 Å². The zero-order valence-corrected chi connectivity index (χ0v) is 16.4. The molecule has 0 spiro atoms. The number of rotatable bonds is 4. The van der Waals surface area contributed by atoms with Crippen LogP contribution in [0.25, 0.3) is 16.8 Å². The van der Waals surface area contributed by atoms with Crippen LogP contribution in [0.3, 0.4) is 0 Å². The predicted octanol–water partition coefficient (Wildman–Crippen LogP) is 5.20. The van der Waals surface area contributed by atoms with Crippen molar-refractivity contribution in [3.8, 4) is 16.8 Å². The highest BCUT2D eigenvalue weighted by molar-refractivity contribution is 7.81. The van der Waals surface area contributed by atoms with E-state index in [1.165, 1.54) is 12.8 Å². The van der Waals surface area contributed by atoms with Crippen molar-refractivity contribution in [1.29, 1.82) is 0 Å². The van der Waals surface area contributed by atoms with Crippen LogP contribution in [0.5, 0.6) is 0 Å². The minimum Gasteiger partial charge on any atom is -0.399 e. The molecule has 2 aromatic heterocycles. The van der Waals surface area contributed by atoms with E-state index in [9.17, 15) is 0 Å². The molecule has 0 saturated heterocycles. The Bertz CT molecular complexity index is 874. The third-order valence-electron chi connectivity index (χ3n) is 4.00. The van der Waals surface area contributed by atoms with Crippen molar-refractivity contribution in [2.75, 3.05) is 5.73 Å². The monoisotopic (exact) mass is 386 g/mol. The number of nitrogen functional groups attached to an aromatic ring is 1. The van der Waals surface area contributed by atoms with Gasteiger partial charge in [-0.05, 0) is 43.5 Å². The summed E-state index contributed by atoms with van der Waals surface area (Å²) in [7, 11) is 0. The molecule has 1 fully saturated rings. The number of hydrogen-bond acceptors (Lipinski definition) is 4. The molecule has 0 bridgehead atoms. The van der Waals surface area contributed by atoms with Gasteiger partial charge >= 0.3 is 0 Å². The normalized spacial score (nSPS) is 13.2. The van der Waals surface area contributed by atoms with Crippen molar-refractivity contribution in [1.82, 2.24) is 14.8 Å². The highest BCUT2D eigenvalue weighted by Crippen LogP contribution is 2.29. The second kappa shape index (κ2) is 8.60. The highest BCUT2D eigenvalue weighted by Gasteiger charge is 2.14. The van der Waals surface area contributed by atoms with Crippen molar-refractivity contribution < 1.29 is 0 Å². The van der Waals surface area contributed by atoms with Crippen LogP contribution in [0.2, 0.25) is 5.02 Å². The number of benzene rings is 1. The Balaban J connectivity index is 0.000000433. The van der Waals surface area contributed by atoms with Gasteiger partial charge in [0.05, 0.1) is 16.9 Å². The standard InChI is InChI=1S/C17H17ClN4.C3H6S/c1-2-3-14-9-15(6-7-20-14)22-11-12(10-21-22)16-5-4-13(19)8-17(16)18;4-3-1-2-3/h4-11H,2-3,19H2,1H3;3-4H,1-2H2. The SMILES string of the molecule is CCCc1cc(-n2cc(-c3ccc(N)cc3Cl)cn2)ccn1.SC1CC1. The summed E-state index contributed by atoms with van der Waals surface area (Å²) in [6.07, 6.45) is 10.3. The molecule has 1 aliphatic carbocycles. The minimum absolute atomic E-state index is 0.626. The first-order valence-corrected chi connectivity index (χ1v) is 9.69. The maximum absolute atomic E-state index is 6.26. The molecule has 0 aliphatic heterocycles. The summed E-state index contributed by atoms with van der Waals surface area (Å²) in [5.74, 6) is 0. The van der Waals surface area contributed by atoms with Gasteiger partial charge in [-0.15, -0.1) is 0 Å². The van der Waals surface area contributed by atoms with Crippen LogP contribution in [0.1, 0.15) is 31.9 Å². The predicted molar refractivity (Wildman–Crippen MR) is 112 cm³/mol. The average Bonchev–Trinajstić information content (AvgIpc) is 3.24. The molecule has 4 nitrogen and oxygen atoms in total. The van der Waals surface area contributed by atoms with Crippen LogP contribution in [0.4, 0.5) is 5.69 Å². The number of aryl methyl sites for hydroxylation is 1. The van der Waals surface area contributed by atoms with Crippen molar-refractivity contribution in [3.63, 3.8) is 0 Å². The fourth-order valence-electron chi connectivity index (χ4n) is 2.44. The van der Waals surface area contributed by atoms with E-state index >= 15 is 0 Å². The van der Waals surface area contributed by atoms with Gasteiger partial charge < -0.3 is 5.73 Å². The van der Waals surface area contributed by atoms with Gasteiger partial charge in [-0.1, -0.05) is 31.0 Å². The molecule has 6 heteroatoms. The van der Waals surface area contributed by atoms with Gasteiger partial charge in [-0.3, -0.25) is 4.98 Å². The number of pyridine rings is 1. The van der Waals surface area contributed by atoms with Gasteiger partial charge in [0.1, 0.15) is 0 Å². The molecular formula is C20H23ClN4S. The molecule has 1 aliphatic rings. The molecule has 2 heterocycles. The Morgan fingerprint density at radius 3 is 2.69 bits per heavy atom. The lowest BCUT2D eigenvalue weighted by Gasteiger charge is -2.04. The summed E-state index contributed by atoms with van der Waals surface area (Å²) < 4.78 is 1.84. The van der Waals surface area contributed by atoms with Gasteiger partial charge in [-0.25, -0.2) is 4.68 Å². The van der Waals surface area contributed by atoms with Crippen molar-refractivity contribution in [2.45, 2.75) is 37.9 Å². The quantitative estimate of drug-likeness (QED) is 0.478. The fraction of sp³-hybridized carbons (Fsp3) is 0.300. The summed E-state index contributed by atoms with van der Waals surface area (Å²) in [6, 6.07) is 9.50. The lowest BCUT2D eigenvalue weighted by atomic mass is 10.1. The summed E-state index contributed by atoms with van der Waals surface area (Å²) >= 11 is 10.3. The lowest BCUT2D eigenvalue weighted by Crippen LogP contribution is -1.97. The second-order valence-electron chi connectivity index (χ2n) is 6.40. The van der Waals surface area contributed by atoms with E-state index in [1.807, 2.05) is 35.3 Å². The van der Waals surface area contributed by atoms with Crippen molar-refractivity contribution in [2.24, 2.45) is 0 Å². The lowest BCUT2D eigenvalue weighted by molar-refractivity contribution is 0.848. The minimum atomic E-state index is 0.626. The largest absolute Gasteiger partial charge is 0.399 e. The molecular weight excluding hydrogens is 364 g/mol. The van der Waals surface area contributed by atoms with Crippen LogP contribution < -0.4 is 5.73 Å².